The number of aliphatic hydroxyl groups is 2. The minimum absolute atomic E-state index is 2.11. The molecule has 0 aromatic heterocycles. The topological polar surface area (TPSA) is 93.1 Å². The molecule has 40 heteroatoms. The lowest BCUT2D eigenvalue weighted by Gasteiger charge is -2.42. The first kappa shape index (κ1) is 62.5. The third-order valence-corrected chi connectivity index (χ3v) is 8.12. The fourth-order valence-electron chi connectivity index (χ4n) is 4.07. The quantitative estimate of drug-likeness (QED) is 0.0602. The molecule has 0 aliphatic rings. The Morgan fingerprint density at radius 1 is 0.303 bits per heavy atom. The van der Waals surface area contributed by atoms with Crippen LogP contribution in [0.15, 0.2) is 0 Å². The first-order chi connectivity index (χ1) is 28.3. The van der Waals surface area contributed by atoms with Gasteiger partial charge in [0.2, 0.25) is 0 Å². The van der Waals surface area contributed by atoms with E-state index in [0.717, 1.165) is 0 Å². The van der Waals surface area contributed by atoms with E-state index in [1.807, 2.05) is 0 Å². The minimum atomic E-state index is -8.97. The van der Waals surface area contributed by atoms with Gasteiger partial charge in [-0.15, -0.1) is 0 Å². The van der Waals surface area contributed by atoms with E-state index in [0.29, 0.717) is 0 Å². The van der Waals surface area contributed by atoms with E-state index < -0.39 is 158 Å². The van der Waals surface area contributed by atoms with Crippen molar-refractivity contribution < 1.29 is 179 Å². The Morgan fingerprint density at radius 2 is 0.470 bits per heavy atom. The smallest absolute Gasteiger partial charge is 0.460 e. The number of hydrogen-bond donors (Lipinski definition) is 2. The maximum Gasteiger partial charge on any atom is 0.460 e. The highest BCUT2D eigenvalue weighted by Gasteiger charge is 2.96. The summed E-state index contributed by atoms with van der Waals surface area (Å²) < 4.78 is 460. The molecular formula is C26H16F34O6. The lowest BCUT2D eigenvalue weighted by Crippen LogP contribution is -2.74. The molecule has 0 aromatic carbocycles. The Labute approximate surface area is 338 Å². The standard InChI is InChI=1S/C26H16F34O6/c27-11(28,13(31,32)15(35,36)17(39,40)19(43,44)21(47,48)23(51,52)25(55,56)57)3-1-5-65-9(63)7(61)8(62)10(64)66-6-2-4-12(29,30)14(33,34)16(37,38)18(41,42)20(45,46)22(49,50)24(53,54)26(58,59)60/h7-8,61-62H,1-6H2/t7-,8-/m1/s1. The Morgan fingerprint density at radius 3 is 0.652 bits per heavy atom. The summed E-state index contributed by atoms with van der Waals surface area (Å²) in [4.78, 5) is 23.3. The summed E-state index contributed by atoms with van der Waals surface area (Å²) in [5.41, 5.74) is 0. The zero-order valence-electron chi connectivity index (χ0n) is 29.8. The number of halogens is 34. The van der Waals surface area contributed by atoms with Gasteiger partial charge in [0.05, 0.1) is 13.2 Å². The number of carbonyl (C=O) groups excluding carboxylic acids is 2. The molecule has 2 N–H and O–H groups in total. The number of aliphatic hydroxyl groups excluding tert-OH is 2. The SMILES string of the molecule is O=C(OCCCC(F)(F)C(F)(F)C(F)(F)C(F)(F)C(F)(F)C(F)(F)C(F)(F)C(F)(F)F)[C@H](O)[C@@H](O)C(=O)OCCCC(F)(F)C(F)(F)C(F)(F)C(F)(F)C(F)(F)C(F)(F)C(F)(F)C(F)(F)F. The van der Waals surface area contributed by atoms with Crippen LogP contribution >= 0.6 is 0 Å². The molecule has 0 saturated carbocycles. The van der Waals surface area contributed by atoms with Crippen LogP contribution < -0.4 is 0 Å². The van der Waals surface area contributed by atoms with Crippen molar-refractivity contribution in [3.8, 4) is 0 Å². The summed E-state index contributed by atoms with van der Waals surface area (Å²) in [5.74, 6) is -124. The monoisotopic (exact) mass is 1070 g/mol. The van der Waals surface area contributed by atoms with Crippen LogP contribution in [0.4, 0.5) is 149 Å². The fraction of sp³-hybridized carbons (Fsp3) is 0.923. The second kappa shape index (κ2) is 17.8. The van der Waals surface area contributed by atoms with Crippen LogP contribution in [0.3, 0.4) is 0 Å². The van der Waals surface area contributed by atoms with Gasteiger partial charge >= 0.3 is 107 Å². The van der Waals surface area contributed by atoms with Gasteiger partial charge in [-0.05, 0) is 12.8 Å². The predicted octanol–water partition coefficient (Wildman–Crippen LogP) is 10.4. The lowest BCUT2D eigenvalue weighted by molar-refractivity contribution is -0.461. The van der Waals surface area contributed by atoms with Gasteiger partial charge in [0.25, 0.3) is 0 Å². The predicted molar refractivity (Wildman–Crippen MR) is 134 cm³/mol. The summed E-state index contributed by atoms with van der Waals surface area (Å²) in [6.45, 7) is -4.22. The Kier molecular flexibility index (Phi) is 16.8. The molecule has 0 radical (unpaired) electrons. The molecule has 0 amide bonds. The molecule has 0 saturated heterocycles. The molecule has 0 rings (SSSR count). The van der Waals surface area contributed by atoms with Crippen molar-refractivity contribution in [1.82, 2.24) is 0 Å². The highest BCUT2D eigenvalue weighted by molar-refractivity contribution is 5.85. The molecule has 0 heterocycles. The average Bonchev–Trinajstić information content (AvgIpc) is 3.12. The van der Waals surface area contributed by atoms with Crippen LogP contribution in [-0.4, -0.2) is 143 Å². The first-order valence-corrected chi connectivity index (χ1v) is 15.5. The molecule has 0 aromatic rings. The molecule has 0 spiro atoms. The van der Waals surface area contributed by atoms with Crippen molar-refractivity contribution in [3.05, 3.63) is 0 Å². The molecular weight excluding hydrogens is 1050 g/mol. The van der Waals surface area contributed by atoms with Crippen LogP contribution in [0, 0.1) is 0 Å². The van der Waals surface area contributed by atoms with Crippen molar-refractivity contribution in [2.75, 3.05) is 13.2 Å². The van der Waals surface area contributed by atoms with E-state index in [9.17, 15) is 169 Å². The average molecular weight is 1070 g/mol. The Balaban J connectivity index is 5.80. The number of ether oxygens (including phenoxy) is 2. The highest BCUT2D eigenvalue weighted by atomic mass is 19.4. The van der Waals surface area contributed by atoms with E-state index in [1.54, 1.807) is 0 Å². The summed E-state index contributed by atoms with van der Waals surface area (Å²) >= 11 is 0. The minimum Gasteiger partial charge on any atom is -0.464 e. The number of esters is 2. The van der Waals surface area contributed by atoms with Crippen LogP contribution in [-0.2, 0) is 19.1 Å². The van der Waals surface area contributed by atoms with Crippen LogP contribution in [0.25, 0.3) is 0 Å². The van der Waals surface area contributed by atoms with E-state index in [-0.39, 0.29) is 0 Å². The molecule has 0 bridgehead atoms. The van der Waals surface area contributed by atoms with E-state index in [1.165, 1.54) is 0 Å². The van der Waals surface area contributed by atoms with E-state index in [4.69, 9.17) is 0 Å². The summed E-state index contributed by atoms with van der Waals surface area (Å²) in [6, 6.07) is 0. The number of carbonyl (C=O) groups is 2. The van der Waals surface area contributed by atoms with E-state index in [2.05, 4.69) is 9.47 Å². The zero-order valence-corrected chi connectivity index (χ0v) is 29.8. The summed E-state index contributed by atoms with van der Waals surface area (Å²) in [6.07, 6.45) is -34.1. The molecule has 0 unspecified atom stereocenters. The second-order valence-corrected chi connectivity index (χ2v) is 12.7. The van der Waals surface area contributed by atoms with Crippen LogP contribution in [0.1, 0.15) is 25.7 Å². The van der Waals surface area contributed by atoms with Crippen molar-refractivity contribution >= 4 is 11.9 Å². The van der Waals surface area contributed by atoms with Gasteiger partial charge in [-0.1, -0.05) is 0 Å². The molecule has 394 valence electrons. The number of hydrogen-bond acceptors (Lipinski definition) is 6. The van der Waals surface area contributed by atoms with Gasteiger partial charge in [-0.25, -0.2) is 9.59 Å². The third kappa shape index (κ3) is 9.45. The van der Waals surface area contributed by atoms with Crippen LogP contribution in [0.2, 0.25) is 0 Å². The molecule has 0 aliphatic carbocycles. The molecule has 0 fully saturated rings. The lowest BCUT2D eigenvalue weighted by atomic mass is 9.88. The zero-order chi connectivity index (χ0) is 54.0. The highest BCUT2D eigenvalue weighted by Crippen LogP contribution is 2.66. The summed E-state index contributed by atoms with van der Waals surface area (Å²) in [5, 5.41) is 18.9. The molecule has 6 nitrogen and oxygen atoms in total. The van der Waals surface area contributed by atoms with Gasteiger partial charge < -0.3 is 19.7 Å². The van der Waals surface area contributed by atoms with Crippen molar-refractivity contribution in [2.45, 2.75) is 133 Å². The molecule has 2 atom stereocenters. The van der Waals surface area contributed by atoms with Gasteiger partial charge in [0.1, 0.15) is 0 Å². The van der Waals surface area contributed by atoms with Gasteiger partial charge in [0.15, 0.2) is 12.2 Å². The maximum absolute atomic E-state index is 13.9. The van der Waals surface area contributed by atoms with Gasteiger partial charge in [0, 0.05) is 12.8 Å². The fourth-order valence-corrected chi connectivity index (χ4v) is 4.07. The molecule has 0 aliphatic heterocycles. The third-order valence-electron chi connectivity index (χ3n) is 8.12. The Bertz CT molecular complexity index is 1570. The van der Waals surface area contributed by atoms with Gasteiger partial charge in [-0.3, -0.25) is 0 Å². The van der Waals surface area contributed by atoms with E-state index >= 15 is 0 Å². The van der Waals surface area contributed by atoms with Crippen molar-refractivity contribution in [3.63, 3.8) is 0 Å². The second-order valence-electron chi connectivity index (χ2n) is 12.7. The number of rotatable bonds is 23. The summed E-state index contributed by atoms with van der Waals surface area (Å²) in [7, 11) is 0. The maximum atomic E-state index is 13.9. The van der Waals surface area contributed by atoms with Gasteiger partial charge in [-0.2, -0.15) is 149 Å². The van der Waals surface area contributed by atoms with Crippen LogP contribution in [0.5, 0.6) is 0 Å². The normalized spacial score (nSPS) is 16.8. The Hall–Kier alpha value is -3.52. The largest absolute Gasteiger partial charge is 0.464 e. The van der Waals surface area contributed by atoms with Crippen molar-refractivity contribution in [2.24, 2.45) is 0 Å². The molecule has 66 heavy (non-hydrogen) atoms. The number of alkyl halides is 34. The first-order valence-electron chi connectivity index (χ1n) is 15.5. The van der Waals surface area contributed by atoms with Crippen molar-refractivity contribution in [1.29, 1.82) is 0 Å².